The Morgan fingerprint density at radius 3 is 2.60 bits per heavy atom. The average molecular weight is 295 g/mol. The third-order valence-electron chi connectivity index (χ3n) is 3.78. The minimum Gasteiger partial charge on any atom is -0.301 e. The summed E-state index contributed by atoms with van der Waals surface area (Å²) < 4.78 is 0. The first-order valence-corrected chi connectivity index (χ1v) is 8.26. The van der Waals surface area contributed by atoms with Crippen molar-refractivity contribution in [3.63, 3.8) is 0 Å². The number of thiazole rings is 1. The van der Waals surface area contributed by atoms with Crippen LogP contribution < -0.4 is 5.32 Å². The molecule has 1 aromatic heterocycles. The number of hydrogen-bond donors (Lipinski definition) is 1. The maximum atomic E-state index is 12.4. The van der Waals surface area contributed by atoms with Gasteiger partial charge in [0.25, 0.3) is 0 Å². The van der Waals surface area contributed by atoms with E-state index in [9.17, 15) is 4.79 Å². The Balaban J connectivity index is 2.08. The Labute approximate surface area is 125 Å². The van der Waals surface area contributed by atoms with Gasteiger partial charge in [-0.15, -0.1) is 11.3 Å². The molecule has 112 valence electrons. The molecule has 0 radical (unpaired) electrons. The number of rotatable bonds is 4. The van der Waals surface area contributed by atoms with Crippen molar-refractivity contribution in [1.29, 1.82) is 0 Å². The zero-order valence-electron chi connectivity index (χ0n) is 12.9. The third-order valence-corrected chi connectivity index (χ3v) is 4.86. The zero-order chi connectivity index (χ0) is 14.7. The Bertz CT molecular complexity index is 436. The van der Waals surface area contributed by atoms with Gasteiger partial charge in [-0.1, -0.05) is 20.3 Å². The van der Waals surface area contributed by atoms with Gasteiger partial charge in [0, 0.05) is 4.88 Å². The van der Waals surface area contributed by atoms with Gasteiger partial charge in [0.05, 0.1) is 11.7 Å². The van der Waals surface area contributed by atoms with Crippen LogP contribution in [0.2, 0.25) is 0 Å². The average Bonchev–Trinajstić information content (AvgIpc) is 2.57. The molecule has 1 atom stereocenters. The van der Waals surface area contributed by atoms with E-state index in [1.165, 1.54) is 29.8 Å². The maximum absolute atomic E-state index is 12.4. The number of nitrogens with zero attached hydrogens (tertiary/aromatic N) is 2. The van der Waals surface area contributed by atoms with Crippen LogP contribution in [0.4, 0.5) is 5.13 Å². The first-order chi connectivity index (χ1) is 9.49. The van der Waals surface area contributed by atoms with Crippen LogP contribution in [0.1, 0.15) is 43.7 Å². The van der Waals surface area contributed by atoms with Crippen LogP contribution in [0.5, 0.6) is 0 Å². The molecular formula is C15H25N3OS. The van der Waals surface area contributed by atoms with Crippen LogP contribution >= 0.6 is 11.3 Å². The van der Waals surface area contributed by atoms with Gasteiger partial charge in [-0.3, -0.25) is 9.69 Å². The summed E-state index contributed by atoms with van der Waals surface area (Å²) in [5, 5.41) is 3.78. The van der Waals surface area contributed by atoms with Crippen molar-refractivity contribution in [3.05, 3.63) is 10.6 Å². The SMILES string of the molecule is CC(C)C(C(=O)Nc1nc2c(s1)CCCCC2)N(C)C. The molecule has 0 fully saturated rings. The van der Waals surface area contributed by atoms with Gasteiger partial charge in [-0.2, -0.15) is 0 Å². The zero-order valence-corrected chi connectivity index (χ0v) is 13.7. The number of aromatic nitrogens is 1. The van der Waals surface area contributed by atoms with Crippen LogP contribution in [0, 0.1) is 5.92 Å². The van der Waals surface area contributed by atoms with Crippen molar-refractivity contribution in [1.82, 2.24) is 9.88 Å². The molecule has 0 saturated carbocycles. The van der Waals surface area contributed by atoms with E-state index in [4.69, 9.17) is 0 Å². The van der Waals surface area contributed by atoms with Crippen LogP contribution in [0.3, 0.4) is 0 Å². The molecule has 1 amide bonds. The highest BCUT2D eigenvalue weighted by Gasteiger charge is 2.25. The minimum atomic E-state index is -0.112. The highest BCUT2D eigenvalue weighted by atomic mass is 32.1. The maximum Gasteiger partial charge on any atom is 0.243 e. The highest BCUT2D eigenvalue weighted by Crippen LogP contribution is 2.29. The molecule has 0 saturated heterocycles. The van der Waals surface area contributed by atoms with Crippen molar-refractivity contribution >= 4 is 22.4 Å². The predicted octanol–water partition coefficient (Wildman–Crippen LogP) is 2.94. The molecule has 0 aromatic carbocycles. The second kappa shape index (κ2) is 6.68. The van der Waals surface area contributed by atoms with E-state index in [1.54, 1.807) is 11.3 Å². The normalized spacial score (nSPS) is 16.9. The fraction of sp³-hybridized carbons (Fsp3) is 0.733. The Kier molecular flexibility index (Phi) is 5.16. The number of hydrogen-bond acceptors (Lipinski definition) is 4. The molecule has 1 heterocycles. The fourth-order valence-corrected chi connectivity index (χ4v) is 3.95. The van der Waals surface area contributed by atoms with Crippen LogP contribution in [-0.4, -0.2) is 35.9 Å². The van der Waals surface area contributed by atoms with Crippen molar-refractivity contribution in [3.8, 4) is 0 Å². The van der Waals surface area contributed by atoms with Crippen molar-refractivity contribution < 1.29 is 4.79 Å². The lowest BCUT2D eigenvalue weighted by Crippen LogP contribution is -2.43. The number of nitrogens with one attached hydrogen (secondary N) is 1. The molecule has 2 rings (SSSR count). The molecule has 1 aliphatic carbocycles. The van der Waals surface area contributed by atoms with E-state index < -0.39 is 0 Å². The Morgan fingerprint density at radius 1 is 1.25 bits per heavy atom. The summed E-state index contributed by atoms with van der Waals surface area (Å²) in [4.78, 5) is 20.3. The van der Waals surface area contributed by atoms with Gasteiger partial charge >= 0.3 is 0 Å². The monoisotopic (exact) mass is 295 g/mol. The van der Waals surface area contributed by atoms with E-state index in [1.807, 2.05) is 19.0 Å². The van der Waals surface area contributed by atoms with Crippen molar-refractivity contribution in [2.45, 2.75) is 52.0 Å². The molecule has 1 aromatic rings. The number of likely N-dealkylation sites (N-methyl/N-ethyl adjacent to an activating group) is 1. The lowest BCUT2D eigenvalue weighted by molar-refractivity contribution is -0.121. The molecule has 5 heteroatoms. The summed E-state index contributed by atoms with van der Waals surface area (Å²) in [6.07, 6.45) is 5.93. The largest absolute Gasteiger partial charge is 0.301 e. The van der Waals surface area contributed by atoms with Crippen LogP contribution in [0.25, 0.3) is 0 Å². The molecule has 0 spiro atoms. The highest BCUT2D eigenvalue weighted by molar-refractivity contribution is 7.15. The summed E-state index contributed by atoms with van der Waals surface area (Å²) in [6.45, 7) is 4.14. The Hall–Kier alpha value is -0.940. The quantitative estimate of drug-likeness (QED) is 0.869. The smallest absolute Gasteiger partial charge is 0.243 e. The van der Waals surface area contributed by atoms with Gasteiger partial charge in [-0.05, 0) is 45.7 Å². The van der Waals surface area contributed by atoms with Gasteiger partial charge in [0.2, 0.25) is 5.91 Å². The molecule has 0 bridgehead atoms. The minimum absolute atomic E-state index is 0.0499. The molecule has 4 nitrogen and oxygen atoms in total. The fourth-order valence-electron chi connectivity index (χ4n) is 2.90. The summed E-state index contributed by atoms with van der Waals surface area (Å²) in [7, 11) is 3.89. The number of fused-ring (bicyclic) bond motifs is 1. The first kappa shape index (κ1) is 15.4. The van der Waals surface area contributed by atoms with Crippen molar-refractivity contribution in [2.24, 2.45) is 5.92 Å². The molecule has 1 aliphatic rings. The molecular weight excluding hydrogens is 270 g/mol. The first-order valence-electron chi connectivity index (χ1n) is 7.45. The van der Waals surface area contributed by atoms with E-state index in [0.29, 0.717) is 0 Å². The molecule has 0 aliphatic heterocycles. The van der Waals surface area contributed by atoms with Crippen molar-refractivity contribution in [2.75, 3.05) is 19.4 Å². The van der Waals surface area contributed by atoms with E-state index >= 15 is 0 Å². The second-order valence-corrected chi connectivity index (χ2v) is 7.17. The van der Waals surface area contributed by atoms with Gasteiger partial charge in [-0.25, -0.2) is 4.98 Å². The summed E-state index contributed by atoms with van der Waals surface area (Å²) in [5.41, 5.74) is 1.20. The summed E-state index contributed by atoms with van der Waals surface area (Å²) in [5.74, 6) is 0.330. The number of carbonyl (C=O) groups excluding carboxylic acids is 1. The lowest BCUT2D eigenvalue weighted by atomic mass is 10.0. The lowest BCUT2D eigenvalue weighted by Gasteiger charge is -2.26. The third kappa shape index (κ3) is 3.58. The molecule has 1 unspecified atom stereocenters. The van der Waals surface area contributed by atoms with Gasteiger partial charge in [0.15, 0.2) is 5.13 Å². The van der Waals surface area contributed by atoms with Gasteiger partial charge in [0.1, 0.15) is 0 Å². The predicted molar refractivity (Wildman–Crippen MR) is 84.3 cm³/mol. The summed E-state index contributed by atoms with van der Waals surface area (Å²) in [6, 6.07) is -0.112. The standard InChI is InChI=1S/C15H25N3OS/c1-10(2)13(18(3)4)14(19)17-15-16-11-8-6-5-7-9-12(11)20-15/h10,13H,5-9H2,1-4H3,(H,16,17,19). The molecule has 1 N–H and O–H groups in total. The number of anilines is 1. The Morgan fingerprint density at radius 2 is 1.95 bits per heavy atom. The number of amides is 1. The van der Waals surface area contributed by atoms with E-state index in [-0.39, 0.29) is 17.9 Å². The van der Waals surface area contributed by atoms with Gasteiger partial charge < -0.3 is 5.32 Å². The van der Waals surface area contributed by atoms with E-state index in [2.05, 4.69) is 24.1 Å². The topological polar surface area (TPSA) is 45.2 Å². The number of aryl methyl sites for hydroxylation is 2. The van der Waals surface area contributed by atoms with Crippen LogP contribution in [0.15, 0.2) is 0 Å². The second-order valence-electron chi connectivity index (χ2n) is 6.09. The van der Waals surface area contributed by atoms with Crippen LogP contribution in [-0.2, 0) is 17.6 Å². The van der Waals surface area contributed by atoms with E-state index in [0.717, 1.165) is 18.0 Å². The summed E-state index contributed by atoms with van der Waals surface area (Å²) >= 11 is 1.66. The number of carbonyl (C=O) groups is 1. The molecule has 20 heavy (non-hydrogen) atoms.